The fourth-order valence-corrected chi connectivity index (χ4v) is 18.4. The van der Waals surface area contributed by atoms with E-state index in [0.717, 1.165) is 238 Å². The number of aliphatic hydroxyl groups excluding tert-OH is 1. The fourth-order valence-electron chi connectivity index (χ4n) is 18.4. The maximum atomic E-state index is 14.3. The number of imidazole rings is 4. The minimum absolute atomic E-state index is 0.00853. The molecule has 4 fully saturated rings. The third-order valence-corrected chi connectivity index (χ3v) is 25.2. The highest BCUT2D eigenvalue weighted by Crippen LogP contribution is 2.42. The Bertz CT molecular complexity index is 6470. The zero-order chi connectivity index (χ0) is 93.9. The summed E-state index contributed by atoms with van der Waals surface area (Å²) >= 11 is 0. The van der Waals surface area contributed by atoms with Crippen LogP contribution in [-0.4, -0.2) is 185 Å². The number of aliphatic hydroxyl groups is 1. The lowest BCUT2D eigenvalue weighted by atomic mass is 9.90. The lowest BCUT2D eigenvalue weighted by Gasteiger charge is -2.44. The third-order valence-electron chi connectivity index (χ3n) is 25.2. The molecule has 0 aliphatic carbocycles. The molecule has 0 spiro atoms. The van der Waals surface area contributed by atoms with Gasteiger partial charge in [-0.1, -0.05) is 99.5 Å². The molecule has 8 aliphatic rings. The summed E-state index contributed by atoms with van der Waals surface area (Å²) in [6, 6.07) is 51.8. The number of benzene rings is 8. The highest BCUT2D eigenvalue weighted by Gasteiger charge is 2.43. The van der Waals surface area contributed by atoms with Gasteiger partial charge in [-0.2, -0.15) is 0 Å². The molecule has 0 saturated carbocycles. The summed E-state index contributed by atoms with van der Waals surface area (Å²) in [6.07, 6.45) is 29.2. The monoisotopic (exact) mass is 1830 g/mol. The van der Waals surface area contributed by atoms with Crippen LogP contribution in [0.15, 0.2) is 257 Å². The predicted octanol–water partition coefficient (Wildman–Crippen LogP) is 19.9. The first-order valence-electron chi connectivity index (χ1n) is 45.8. The van der Waals surface area contributed by atoms with Gasteiger partial charge in [0.05, 0.1) is 131 Å². The summed E-state index contributed by atoms with van der Waals surface area (Å²) < 4.78 is 79.1. The molecule has 12 heterocycles. The smallest absolute Gasteiger partial charge is 0.178 e. The van der Waals surface area contributed by atoms with E-state index in [1.54, 1.807) is 54.3 Å². The van der Waals surface area contributed by atoms with Crippen LogP contribution in [0.4, 0.5) is 13.2 Å². The highest BCUT2D eigenvalue weighted by atomic mass is 19.1. The first-order valence-corrected chi connectivity index (χ1v) is 45.8. The van der Waals surface area contributed by atoms with Gasteiger partial charge in [-0.05, 0) is 277 Å². The van der Waals surface area contributed by atoms with E-state index in [1.165, 1.54) is 42.3 Å². The van der Waals surface area contributed by atoms with Crippen molar-refractivity contribution < 1.29 is 61.3 Å². The summed E-state index contributed by atoms with van der Waals surface area (Å²) in [5.41, 5.74) is 19.3. The van der Waals surface area contributed by atoms with Gasteiger partial charge in [-0.15, -0.1) is 0 Å². The second-order valence-electron chi connectivity index (χ2n) is 35.0. The van der Waals surface area contributed by atoms with Crippen molar-refractivity contribution in [2.75, 3.05) is 74.3 Å². The molecule has 29 heteroatoms. The minimum atomic E-state index is -0.776. The largest absolute Gasteiger partial charge is 0.495 e. The standard InChI is InChI=1S/C28H31FN4O3.C27H28F2N4O2.C26H28N4O3.C25H26N4O2/c1-17-10-22(14-23(29)11-17)26-27(19(3)34)36-31-28-21(6-5-9-33(26)28)12-20-7-8-24(25(13-20)35-4)32-15-18(2)30-16-32;1-16-14-32(15-30-16)24-8-7-19(11-25(24)34-4)10-20-6-5-9-33-18(3)26(35-31-27(20)33)21-12-22(28)17(2)23(29)13-21;1-19-15-30(18-27-19)24-11-10-20(14-25(24)31-2)13-21-7-6-12-29-16-23(33-28-26(21)29)17-32-22-8-4-3-5-9-22;1-18-15-29(17-26-18)22-11-10-19(14-23(22)30-2)13-21-9-6-12-28-16-24(31-27-25(21)28)20-7-4-3-5-8-20/h7-8,10-16,19,26-27,34H,5-6,9H2,1-4H3;7-8,10-15,18,26H,5-6,9H2,1-4H3;3-5,8-11,13-15,18,23H,6-7,12,16-17H2,1-2H3;3-5,7-8,10-11,13-15,17,24H,6,9,12,16H2,1-2H3/b21-12+;20-10+;2*21-13+/t19?,26-,27?;18-,26-;;/m00../s1. The molecule has 12 aromatic rings. The molecule has 0 radical (unpaired) electrons. The van der Waals surface area contributed by atoms with Crippen LogP contribution >= 0.6 is 0 Å². The van der Waals surface area contributed by atoms with Crippen molar-refractivity contribution >= 4 is 47.6 Å². The average molecular weight is 1830 g/mol. The molecule has 8 aromatic carbocycles. The summed E-state index contributed by atoms with van der Waals surface area (Å²) in [5, 5.41) is 28.3. The topological polar surface area (TPSA) is 237 Å². The number of oxime groups is 4. The van der Waals surface area contributed by atoms with Gasteiger partial charge in [0, 0.05) is 62.1 Å². The Balaban J connectivity index is 0.000000125. The molecular formula is C106H113F3N16O10. The zero-order valence-corrected chi connectivity index (χ0v) is 78.1. The van der Waals surface area contributed by atoms with Crippen molar-refractivity contribution in [1.29, 1.82) is 0 Å². The number of nitrogens with zero attached hydrogens (tertiary/aromatic N) is 16. The summed E-state index contributed by atoms with van der Waals surface area (Å²) in [6.45, 7) is 20.4. The number of piperidine rings is 4. The lowest BCUT2D eigenvalue weighted by Crippen LogP contribution is -2.51. The van der Waals surface area contributed by atoms with Gasteiger partial charge in [0.2, 0.25) is 0 Å². The van der Waals surface area contributed by atoms with Crippen LogP contribution in [0.3, 0.4) is 0 Å². The van der Waals surface area contributed by atoms with Crippen LogP contribution in [0.5, 0.6) is 28.7 Å². The highest BCUT2D eigenvalue weighted by molar-refractivity contribution is 6.05. The van der Waals surface area contributed by atoms with Gasteiger partial charge in [0.1, 0.15) is 52.8 Å². The van der Waals surface area contributed by atoms with E-state index in [-0.39, 0.29) is 35.7 Å². The average Bonchev–Trinajstić information content (AvgIpc) is 0.961. The van der Waals surface area contributed by atoms with E-state index in [1.807, 2.05) is 182 Å². The van der Waals surface area contributed by atoms with Gasteiger partial charge in [-0.25, -0.2) is 33.1 Å². The first-order chi connectivity index (χ1) is 65.6. The molecule has 20 rings (SSSR count). The van der Waals surface area contributed by atoms with Crippen LogP contribution < -0.4 is 23.7 Å². The van der Waals surface area contributed by atoms with E-state index < -0.39 is 29.9 Å². The number of rotatable bonds is 19. The number of amidine groups is 4. The fraction of sp³-hybridized carbons (Fsp3) is 0.321. The number of aromatic nitrogens is 8. The number of methoxy groups -OCH3 is 4. The van der Waals surface area contributed by atoms with E-state index in [2.05, 4.69) is 133 Å². The maximum absolute atomic E-state index is 14.3. The summed E-state index contributed by atoms with van der Waals surface area (Å²) in [7, 11) is 6.70. The molecule has 4 saturated heterocycles. The van der Waals surface area contributed by atoms with Gasteiger partial charge in [-0.3, -0.25) is 0 Å². The Morgan fingerprint density at radius 1 is 0.430 bits per heavy atom. The van der Waals surface area contributed by atoms with Gasteiger partial charge < -0.3 is 86.0 Å². The first kappa shape index (κ1) is 92.2. The molecule has 7 atom stereocenters. The van der Waals surface area contributed by atoms with Crippen molar-refractivity contribution in [3.63, 3.8) is 0 Å². The molecule has 0 amide bonds. The maximum Gasteiger partial charge on any atom is 0.178 e. The second-order valence-corrected chi connectivity index (χ2v) is 35.0. The van der Waals surface area contributed by atoms with Gasteiger partial charge >= 0.3 is 0 Å². The molecular weight excluding hydrogens is 1710 g/mol. The number of aryl methyl sites for hydroxylation is 5. The molecule has 0 bridgehead atoms. The quantitative estimate of drug-likeness (QED) is 0.0792. The lowest BCUT2D eigenvalue weighted by molar-refractivity contribution is -0.0830. The van der Waals surface area contributed by atoms with Crippen LogP contribution in [0.25, 0.3) is 47.1 Å². The molecule has 8 aliphatic heterocycles. The number of fused-ring (bicyclic) bond motifs is 4. The Kier molecular flexibility index (Phi) is 28.5. The Labute approximate surface area is 784 Å². The van der Waals surface area contributed by atoms with Crippen molar-refractivity contribution in [2.45, 2.75) is 149 Å². The van der Waals surface area contributed by atoms with E-state index >= 15 is 0 Å². The van der Waals surface area contributed by atoms with Crippen molar-refractivity contribution in [2.24, 2.45) is 20.6 Å². The summed E-state index contributed by atoms with van der Waals surface area (Å²) in [5.74, 6) is 5.84. The normalized spacial score (nSPS) is 20.3. The molecule has 4 aromatic heterocycles. The predicted molar refractivity (Wildman–Crippen MR) is 516 cm³/mol. The van der Waals surface area contributed by atoms with Gasteiger partial charge in [0.15, 0.2) is 47.8 Å². The number of para-hydroxylation sites is 1. The Morgan fingerprint density at radius 2 is 0.837 bits per heavy atom. The Hall–Kier alpha value is -14.6. The van der Waals surface area contributed by atoms with Crippen LogP contribution in [0.2, 0.25) is 0 Å². The van der Waals surface area contributed by atoms with Crippen molar-refractivity contribution in [1.82, 2.24) is 57.8 Å². The second kappa shape index (κ2) is 41.7. The number of ether oxygens (including phenoxy) is 5. The number of hydrogen-bond donors (Lipinski definition) is 1. The molecule has 698 valence electrons. The van der Waals surface area contributed by atoms with Crippen molar-refractivity contribution in [3.05, 3.63) is 326 Å². The minimum Gasteiger partial charge on any atom is -0.495 e. The van der Waals surface area contributed by atoms with Crippen LogP contribution in [0, 0.1) is 59.0 Å². The molecule has 26 nitrogen and oxygen atoms in total. The third kappa shape index (κ3) is 21.2. The number of halogens is 3. The van der Waals surface area contributed by atoms with Crippen LogP contribution in [-0.2, 0) is 19.4 Å². The zero-order valence-electron chi connectivity index (χ0n) is 78.1. The van der Waals surface area contributed by atoms with Crippen molar-refractivity contribution in [3.8, 4) is 51.5 Å². The van der Waals surface area contributed by atoms with E-state index in [4.69, 9.17) is 43.0 Å². The summed E-state index contributed by atoms with van der Waals surface area (Å²) in [4.78, 5) is 49.6. The molecule has 1 N–H and O–H groups in total. The van der Waals surface area contributed by atoms with E-state index in [0.29, 0.717) is 12.2 Å². The molecule has 4 unspecified atom stereocenters. The van der Waals surface area contributed by atoms with Gasteiger partial charge in [0.25, 0.3) is 0 Å². The molecule has 135 heavy (non-hydrogen) atoms. The van der Waals surface area contributed by atoms with Crippen LogP contribution in [0.1, 0.15) is 156 Å². The Morgan fingerprint density at radius 3 is 1.27 bits per heavy atom. The number of hydrogen-bond acceptors (Lipinski definition) is 22. The SMILES string of the molecule is COc1cc(/C=C2\CCCN3C2=NOC(C(C)O)[C@@H]3c2cc(C)cc(F)c2)ccc1-n1cnc(C)c1.COc1cc(/C=C2\CCCN3C2=NO[C@H](c2cc(F)c(C)c(F)c2)[C@@H]3C)ccc1-n1cnc(C)c1.COc1cc(/C=C2\CCCN3CC(COc4ccccc4)ON=C23)ccc1-n1cnc(C)c1.COc1cc(/C=C2\CCCN3CC(c4ccccc4)ON=C23)ccc1-n1cnc(C)c1. The van der Waals surface area contributed by atoms with E-state index in [9.17, 15) is 18.3 Å².